The second-order valence-electron chi connectivity index (χ2n) is 11.5. The first-order valence-corrected chi connectivity index (χ1v) is 14.9. The van der Waals surface area contributed by atoms with Crippen molar-refractivity contribution in [2.75, 3.05) is 6.61 Å². The molecule has 1 aliphatic heterocycles. The summed E-state index contributed by atoms with van der Waals surface area (Å²) in [6.07, 6.45) is 6.28. The molecule has 2 heterocycles. The largest absolute Gasteiger partial charge is 0.491 e. The summed E-state index contributed by atoms with van der Waals surface area (Å²) in [7, 11) is 0. The van der Waals surface area contributed by atoms with Crippen LogP contribution in [0.4, 0.5) is 5.69 Å². The number of hydrogen-bond acceptors (Lipinski definition) is 6. The fourth-order valence-corrected chi connectivity index (χ4v) is 6.59. The Kier molecular flexibility index (Phi) is 7.89. The average molecular weight is 565 g/mol. The first kappa shape index (κ1) is 27.8. The maximum absolute atomic E-state index is 13.7. The van der Waals surface area contributed by atoms with Gasteiger partial charge in [-0.1, -0.05) is 49.6 Å². The van der Waals surface area contributed by atoms with Crippen LogP contribution in [0.1, 0.15) is 66.4 Å². The molecule has 1 amide bonds. The van der Waals surface area contributed by atoms with Gasteiger partial charge in [0.1, 0.15) is 18.0 Å². The minimum absolute atomic E-state index is 0.257. The molecule has 216 valence electrons. The van der Waals surface area contributed by atoms with Gasteiger partial charge in [0.25, 0.3) is 5.91 Å². The zero-order chi connectivity index (χ0) is 29.2. The first-order chi connectivity index (χ1) is 20.4. The number of nitroso groups, excluding NO2 is 1. The van der Waals surface area contributed by atoms with Crippen molar-refractivity contribution in [2.24, 2.45) is 10.9 Å². The second kappa shape index (κ2) is 11.9. The molecule has 1 aliphatic carbocycles. The zero-order valence-electron chi connectivity index (χ0n) is 23.8. The Morgan fingerprint density at radius 1 is 1.05 bits per heavy atom. The maximum atomic E-state index is 13.7. The van der Waals surface area contributed by atoms with Gasteiger partial charge in [-0.3, -0.25) is 9.59 Å². The molecule has 1 unspecified atom stereocenters. The van der Waals surface area contributed by atoms with Gasteiger partial charge in [0.15, 0.2) is 5.78 Å². The number of nitrogens with zero attached hydrogens (tertiary/aromatic N) is 2. The van der Waals surface area contributed by atoms with Gasteiger partial charge in [-0.25, -0.2) is 0 Å². The predicted molar refractivity (Wildman–Crippen MR) is 164 cm³/mol. The highest BCUT2D eigenvalue weighted by molar-refractivity contribution is 6.03. The summed E-state index contributed by atoms with van der Waals surface area (Å²) in [4.78, 5) is 37.5. The fourth-order valence-electron chi connectivity index (χ4n) is 6.59. The zero-order valence-corrected chi connectivity index (χ0v) is 23.8. The van der Waals surface area contributed by atoms with Gasteiger partial charge in [0.2, 0.25) is 0 Å². The fraction of sp³-hybridized carbons (Fsp3) is 0.353. The third-order valence-corrected chi connectivity index (χ3v) is 8.67. The Labute approximate surface area is 245 Å². The Bertz CT molecular complexity index is 1630. The van der Waals surface area contributed by atoms with Crippen LogP contribution >= 0.6 is 0 Å². The highest BCUT2D eigenvalue weighted by Crippen LogP contribution is 2.47. The third-order valence-electron chi connectivity index (χ3n) is 8.67. The number of amides is 1. The predicted octanol–water partition coefficient (Wildman–Crippen LogP) is 6.40. The first-order valence-electron chi connectivity index (χ1n) is 14.9. The number of nitrogens with one attached hydrogen (secondary N) is 1. The molecule has 4 aromatic rings. The SMILES string of the molecule is CC(N)C(=O)[C@H](Cc1ccc(N=O)cc1)NC(=O)c1ccc2c(C3CCCCC3)c3n(c2c1)CCOc1ccccc1-3. The molecule has 1 aromatic heterocycles. The standard InChI is InChI=1S/C34H36N4O4/c1-21(35)33(39)28(19-22-11-14-25(37-41)15-12-22)36-34(40)24-13-16-26-29(20-24)38-17-18-42-30-10-6-5-9-27(30)32(38)31(26)23-7-3-2-4-8-23/h5-6,9-16,20-21,23,28H,2-4,7-8,17-19,35H2,1H3,(H,36,40)/t21?,28-/m0/s1. The van der Waals surface area contributed by atoms with Gasteiger partial charge < -0.3 is 20.4 Å². The summed E-state index contributed by atoms with van der Waals surface area (Å²) >= 11 is 0. The van der Waals surface area contributed by atoms with E-state index in [4.69, 9.17) is 10.5 Å². The van der Waals surface area contributed by atoms with Gasteiger partial charge in [0, 0.05) is 22.0 Å². The van der Waals surface area contributed by atoms with Crippen LogP contribution in [0.2, 0.25) is 0 Å². The van der Waals surface area contributed by atoms with Crippen LogP contribution in [0.5, 0.6) is 5.75 Å². The van der Waals surface area contributed by atoms with Crippen LogP contribution < -0.4 is 15.8 Å². The minimum Gasteiger partial charge on any atom is -0.491 e. The number of para-hydroxylation sites is 1. The molecule has 3 N–H and O–H groups in total. The Balaban J connectivity index is 1.38. The van der Waals surface area contributed by atoms with Crippen LogP contribution in [0.3, 0.4) is 0 Å². The van der Waals surface area contributed by atoms with E-state index in [1.54, 1.807) is 31.2 Å². The number of Topliss-reactive ketones (excluding diaryl/α,β-unsaturated/α-hetero) is 1. The Morgan fingerprint density at radius 3 is 2.55 bits per heavy atom. The second-order valence-corrected chi connectivity index (χ2v) is 11.5. The van der Waals surface area contributed by atoms with Crippen LogP contribution in [0.25, 0.3) is 22.2 Å². The lowest BCUT2D eigenvalue weighted by Crippen LogP contribution is -2.48. The van der Waals surface area contributed by atoms with Crippen molar-refractivity contribution in [3.63, 3.8) is 0 Å². The van der Waals surface area contributed by atoms with E-state index < -0.39 is 12.1 Å². The van der Waals surface area contributed by atoms with E-state index in [1.165, 1.54) is 35.9 Å². The normalized spacial score (nSPS) is 16.4. The number of hydrogen-bond donors (Lipinski definition) is 2. The van der Waals surface area contributed by atoms with E-state index in [0.717, 1.165) is 35.2 Å². The maximum Gasteiger partial charge on any atom is 0.251 e. The summed E-state index contributed by atoms with van der Waals surface area (Å²) in [6.45, 7) is 2.84. The molecular weight excluding hydrogens is 528 g/mol. The van der Waals surface area contributed by atoms with E-state index in [-0.39, 0.29) is 18.1 Å². The Morgan fingerprint density at radius 2 is 1.81 bits per heavy atom. The summed E-state index contributed by atoms with van der Waals surface area (Å²) in [5.41, 5.74) is 12.2. The van der Waals surface area contributed by atoms with Crippen LogP contribution in [0.15, 0.2) is 71.9 Å². The van der Waals surface area contributed by atoms with Crippen LogP contribution in [-0.4, -0.2) is 34.9 Å². The molecule has 8 nitrogen and oxygen atoms in total. The average Bonchev–Trinajstić information content (AvgIpc) is 3.22. The van der Waals surface area contributed by atoms with Gasteiger partial charge in [-0.2, -0.15) is 0 Å². The topological polar surface area (TPSA) is 116 Å². The number of carbonyl (C=O) groups is 2. The molecule has 8 heteroatoms. The summed E-state index contributed by atoms with van der Waals surface area (Å²) in [6, 6.07) is 19.2. The summed E-state index contributed by atoms with van der Waals surface area (Å²) < 4.78 is 8.47. The lowest BCUT2D eigenvalue weighted by Gasteiger charge is -2.23. The summed E-state index contributed by atoms with van der Waals surface area (Å²) in [5, 5.41) is 7.06. The minimum atomic E-state index is -0.814. The number of nitrogens with two attached hydrogens (primary N) is 1. The van der Waals surface area contributed by atoms with Crippen molar-refractivity contribution >= 4 is 28.3 Å². The number of ketones is 1. The molecule has 0 radical (unpaired) electrons. The molecule has 0 spiro atoms. The molecule has 0 bridgehead atoms. The quantitative estimate of drug-likeness (QED) is 0.240. The molecule has 42 heavy (non-hydrogen) atoms. The lowest BCUT2D eigenvalue weighted by atomic mass is 9.81. The van der Waals surface area contributed by atoms with E-state index in [0.29, 0.717) is 30.3 Å². The summed E-state index contributed by atoms with van der Waals surface area (Å²) in [5.74, 6) is 0.759. The van der Waals surface area contributed by atoms with Crippen molar-refractivity contribution in [1.29, 1.82) is 0 Å². The number of rotatable bonds is 8. The molecule has 2 atom stereocenters. The van der Waals surface area contributed by atoms with Crippen molar-refractivity contribution in [3.05, 3.63) is 88.3 Å². The molecule has 2 aliphatic rings. The number of aromatic nitrogens is 1. The highest BCUT2D eigenvalue weighted by Gasteiger charge is 2.30. The third kappa shape index (κ3) is 5.34. The Hall–Kier alpha value is -4.30. The van der Waals surface area contributed by atoms with Crippen molar-refractivity contribution < 1.29 is 14.3 Å². The van der Waals surface area contributed by atoms with Gasteiger partial charge in [-0.05, 0) is 84.8 Å². The van der Waals surface area contributed by atoms with E-state index in [9.17, 15) is 14.5 Å². The number of fused-ring (bicyclic) bond motifs is 5. The molecule has 1 fully saturated rings. The monoisotopic (exact) mass is 564 g/mol. The molecular formula is C34H36N4O4. The molecule has 0 saturated heterocycles. The van der Waals surface area contributed by atoms with Gasteiger partial charge >= 0.3 is 0 Å². The van der Waals surface area contributed by atoms with Crippen molar-refractivity contribution in [3.8, 4) is 17.0 Å². The molecule has 3 aromatic carbocycles. The number of ether oxygens (including phenoxy) is 1. The number of benzene rings is 3. The highest BCUT2D eigenvalue weighted by atomic mass is 16.5. The van der Waals surface area contributed by atoms with E-state index in [1.807, 2.05) is 24.3 Å². The van der Waals surface area contributed by atoms with E-state index in [2.05, 4.69) is 33.3 Å². The molecule has 6 rings (SSSR count). The molecule has 1 saturated carbocycles. The van der Waals surface area contributed by atoms with Gasteiger partial charge in [0.05, 0.1) is 24.3 Å². The van der Waals surface area contributed by atoms with Crippen LogP contribution in [-0.2, 0) is 17.8 Å². The number of carbonyl (C=O) groups excluding carboxylic acids is 2. The van der Waals surface area contributed by atoms with Crippen molar-refractivity contribution in [2.45, 2.75) is 70.0 Å². The van der Waals surface area contributed by atoms with Crippen LogP contribution in [0, 0.1) is 4.91 Å². The van der Waals surface area contributed by atoms with Crippen molar-refractivity contribution in [1.82, 2.24) is 9.88 Å². The smallest absolute Gasteiger partial charge is 0.251 e. The van der Waals surface area contributed by atoms with Gasteiger partial charge in [-0.15, -0.1) is 4.91 Å². The van der Waals surface area contributed by atoms with E-state index >= 15 is 0 Å². The lowest BCUT2D eigenvalue weighted by molar-refractivity contribution is -0.121.